The first-order valence-corrected chi connectivity index (χ1v) is 6.91. The first kappa shape index (κ1) is 14.1. The van der Waals surface area contributed by atoms with Crippen LogP contribution < -0.4 is 0 Å². The van der Waals surface area contributed by atoms with Gasteiger partial charge in [0.15, 0.2) is 5.78 Å². The van der Waals surface area contributed by atoms with Crippen LogP contribution in [0.1, 0.15) is 23.7 Å². The van der Waals surface area contributed by atoms with Gasteiger partial charge in [-0.15, -0.1) is 0 Å². The number of hydrogen-bond acceptors (Lipinski definition) is 2. The van der Waals surface area contributed by atoms with Crippen LogP contribution in [0.25, 0.3) is 0 Å². The summed E-state index contributed by atoms with van der Waals surface area (Å²) in [5, 5.41) is 0. The minimum atomic E-state index is -0.00514. The summed E-state index contributed by atoms with van der Waals surface area (Å²) in [5.74, 6) is 0.164. The topological polar surface area (TPSA) is 26.3 Å². The van der Waals surface area contributed by atoms with E-state index in [-0.39, 0.29) is 11.7 Å². The minimum Gasteiger partial charge on any atom is -0.385 e. The zero-order chi connectivity index (χ0) is 12.1. The van der Waals surface area contributed by atoms with Gasteiger partial charge < -0.3 is 4.74 Å². The molecule has 0 spiro atoms. The van der Waals surface area contributed by atoms with Gasteiger partial charge in [0, 0.05) is 33.2 Å². The molecule has 0 aliphatic rings. The third kappa shape index (κ3) is 3.82. The van der Waals surface area contributed by atoms with E-state index in [0.717, 1.165) is 20.0 Å². The van der Waals surface area contributed by atoms with Crippen molar-refractivity contribution in [3.8, 4) is 0 Å². The molecular formula is C12H14BrIO2. The average Bonchev–Trinajstić information content (AvgIpc) is 2.28. The van der Waals surface area contributed by atoms with Crippen molar-refractivity contribution in [1.29, 1.82) is 0 Å². The Labute approximate surface area is 118 Å². The Bertz CT molecular complexity index is 379. The van der Waals surface area contributed by atoms with Gasteiger partial charge in [-0.25, -0.2) is 0 Å². The number of methoxy groups -OCH3 is 1. The largest absolute Gasteiger partial charge is 0.385 e. The van der Waals surface area contributed by atoms with Crippen molar-refractivity contribution in [1.82, 2.24) is 0 Å². The molecule has 16 heavy (non-hydrogen) atoms. The van der Waals surface area contributed by atoms with Gasteiger partial charge >= 0.3 is 0 Å². The van der Waals surface area contributed by atoms with E-state index >= 15 is 0 Å². The van der Waals surface area contributed by atoms with Crippen molar-refractivity contribution in [2.75, 3.05) is 13.7 Å². The molecule has 0 N–H and O–H groups in total. The number of Topliss-reactive ketones (excluding diaryl/α,β-unsaturated/α-hetero) is 1. The number of halogens is 2. The summed E-state index contributed by atoms with van der Waals surface area (Å²) in [4.78, 5) is 12.1. The molecule has 0 aliphatic heterocycles. The highest BCUT2D eigenvalue weighted by atomic mass is 127. The van der Waals surface area contributed by atoms with Gasteiger partial charge in [-0.3, -0.25) is 4.79 Å². The van der Waals surface area contributed by atoms with E-state index in [0.29, 0.717) is 6.61 Å². The molecule has 4 heteroatoms. The highest BCUT2D eigenvalue weighted by molar-refractivity contribution is 14.1. The maximum Gasteiger partial charge on any atom is 0.166 e. The van der Waals surface area contributed by atoms with Crippen LogP contribution in [0.5, 0.6) is 0 Å². The zero-order valence-corrected chi connectivity index (χ0v) is 13.0. The number of benzene rings is 1. The fraction of sp³-hybridized carbons (Fsp3) is 0.417. The number of carbonyl (C=O) groups excluding carboxylic acids is 1. The van der Waals surface area contributed by atoms with Gasteiger partial charge in [-0.2, -0.15) is 0 Å². The van der Waals surface area contributed by atoms with Gasteiger partial charge in [-0.05, 0) is 47.2 Å². The number of ether oxygens (including phenoxy) is 1. The molecule has 0 radical (unpaired) electrons. The minimum absolute atomic E-state index is 0.00514. The van der Waals surface area contributed by atoms with Crippen LogP contribution in [0.4, 0.5) is 0 Å². The Morgan fingerprint density at radius 1 is 1.56 bits per heavy atom. The van der Waals surface area contributed by atoms with Crippen molar-refractivity contribution >= 4 is 44.3 Å². The maximum atomic E-state index is 12.1. The highest BCUT2D eigenvalue weighted by Crippen LogP contribution is 2.23. The van der Waals surface area contributed by atoms with Gasteiger partial charge in [-0.1, -0.05) is 22.9 Å². The molecule has 1 atom stereocenters. The molecule has 0 fully saturated rings. The maximum absolute atomic E-state index is 12.1. The van der Waals surface area contributed by atoms with Crippen LogP contribution in [0, 0.1) is 9.49 Å². The highest BCUT2D eigenvalue weighted by Gasteiger charge is 2.17. The predicted octanol–water partition coefficient (Wildman–Crippen LogP) is 3.91. The Kier molecular flexibility index (Phi) is 5.92. The summed E-state index contributed by atoms with van der Waals surface area (Å²) >= 11 is 5.62. The Balaban J connectivity index is 2.83. The standard InChI is InChI=1S/C12H14BrIO2/c1-8(5-6-16-2)12(15)10-7-9(14)3-4-11(10)13/h3-4,7-8H,5-6H2,1-2H3. The average molecular weight is 397 g/mol. The molecule has 1 aromatic rings. The van der Waals surface area contributed by atoms with Crippen molar-refractivity contribution in [2.24, 2.45) is 5.92 Å². The van der Waals surface area contributed by atoms with Crippen LogP contribution in [0.15, 0.2) is 22.7 Å². The Hall–Kier alpha value is 0.0600. The Morgan fingerprint density at radius 3 is 2.88 bits per heavy atom. The van der Waals surface area contributed by atoms with Crippen LogP contribution >= 0.6 is 38.5 Å². The third-order valence-corrected chi connectivity index (χ3v) is 3.76. The lowest BCUT2D eigenvalue weighted by molar-refractivity contribution is 0.0893. The van der Waals surface area contributed by atoms with E-state index in [1.165, 1.54) is 0 Å². The van der Waals surface area contributed by atoms with E-state index in [9.17, 15) is 4.79 Å². The predicted molar refractivity (Wildman–Crippen MR) is 76.8 cm³/mol. The second-order valence-corrected chi connectivity index (χ2v) is 5.77. The summed E-state index contributed by atoms with van der Waals surface area (Å²) in [6, 6.07) is 5.80. The molecule has 0 saturated heterocycles. The number of hydrogen-bond donors (Lipinski definition) is 0. The van der Waals surface area contributed by atoms with Gasteiger partial charge in [0.2, 0.25) is 0 Å². The van der Waals surface area contributed by atoms with E-state index < -0.39 is 0 Å². The number of carbonyl (C=O) groups is 1. The molecule has 88 valence electrons. The monoisotopic (exact) mass is 396 g/mol. The lowest BCUT2D eigenvalue weighted by Crippen LogP contribution is -2.14. The first-order chi connectivity index (χ1) is 7.56. The fourth-order valence-corrected chi connectivity index (χ4v) is 2.31. The second-order valence-electron chi connectivity index (χ2n) is 3.67. The molecule has 0 heterocycles. The fourth-order valence-electron chi connectivity index (χ4n) is 1.38. The summed E-state index contributed by atoms with van der Waals surface area (Å²) < 4.78 is 6.92. The molecule has 0 amide bonds. The normalized spacial score (nSPS) is 12.5. The van der Waals surface area contributed by atoms with Gasteiger partial charge in [0.05, 0.1) is 0 Å². The lowest BCUT2D eigenvalue weighted by atomic mass is 9.97. The third-order valence-electron chi connectivity index (χ3n) is 2.40. The molecule has 0 aliphatic carbocycles. The number of ketones is 1. The first-order valence-electron chi connectivity index (χ1n) is 5.04. The Morgan fingerprint density at radius 2 is 2.25 bits per heavy atom. The summed E-state index contributed by atoms with van der Waals surface area (Å²) in [5.41, 5.74) is 0.760. The summed E-state index contributed by atoms with van der Waals surface area (Å²) in [6.07, 6.45) is 0.757. The molecule has 0 aromatic heterocycles. The van der Waals surface area contributed by atoms with Gasteiger partial charge in [0.25, 0.3) is 0 Å². The lowest BCUT2D eigenvalue weighted by Gasteiger charge is -2.11. The van der Waals surface area contributed by atoms with E-state index in [2.05, 4.69) is 38.5 Å². The molecule has 0 bridgehead atoms. The molecular weight excluding hydrogens is 383 g/mol. The SMILES string of the molecule is COCCC(C)C(=O)c1cc(I)ccc1Br. The molecule has 1 aromatic carbocycles. The van der Waals surface area contributed by atoms with Crippen molar-refractivity contribution < 1.29 is 9.53 Å². The summed E-state index contributed by atoms with van der Waals surface area (Å²) in [7, 11) is 1.65. The van der Waals surface area contributed by atoms with Crippen LogP contribution in [0.3, 0.4) is 0 Å². The quantitative estimate of drug-likeness (QED) is 0.557. The molecule has 1 rings (SSSR count). The van der Waals surface area contributed by atoms with Crippen LogP contribution in [0.2, 0.25) is 0 Å². The number of rotatable bonds is 5. The molecule has 2 nitrogen and oxygen atoms in total. The van der Waals surface area contributed by atoms with Crippen LogP contribution in [-0.2, 0) is 4.74 Å². The van der Waals surface area contributed by atoms with E-state index in [4.69, 9.17) is 4.74 Å². The van der Waals surface area contributed by atoms with Crippen molar-refractivity contribution in [2.45, 2.75) is 13.3 Å². The van der Waals surface area contributed by atoms with E-state index in [1.807, 2.05) is 25.1 Å². The second kappa shape index (κ2) is 6.71. The summed E-state index contributed by atoms with van der Waals surface area (Å²) in [6.45, 7) is 2.56. The van der Waals surface area contributed by atoms with Crippen LogP contribution in [-0.4, -0.2) is 19.5 Å². The zero-order valence-electron chi connectivity index (χ0n) is 9.30. The van der Waals surface area contributed by atoms with Crippen molar-refractivity contribution in [3.63, 3.8) is 0 Å². The smallest absolute Gasteiger partial charge is 0.166 e. The van der Waals surface area contributed by atoms with Crippen molar-refractivity contribution in [3.05, 3.63) is 31.8 Å². The molecule has 0 saturated carbocycles. The molecule has 1 unspecified atom stereocenters. The van der Waals surface area contributed by atoms with E-state index in [1.54, 1.807) is 7.11 Å². The van der Waals surface area contributed by atoms with Gasteiger partial charge in [0.1, 0.15) is 0 Å².